The zero-order valence-electron chi connectivity index (χ0n) is 30.5. The van der Waals surface area contributed by atoms with Crippen LogP contribution in [0.5, 0.6) is 0 Å². The van der Waals surface area contributed by atoms with Crippen molar-refractivity contribution in [3.63, 3.8) is 0 Å². The van der Waals surface area contributed by atoms with Crippen molar-refractivity contribution in [1.82, 2.24) is 25.9 Å². The van der Waals surface area contributed by atoms with Crippen molar-refractivity contribution < 1.29 is 38.6 Å². The number of methoxy groups -OCH3 is 1. The number of benzene rings is 4. The van der Waals surface area contributed by atoms with Gasteiger partial charge in [-0.05, 0) is 51.9 Å². The molecule has 4 aromatic carbocycles. The highest BCUT2D eigenvalue weighted by Gasteiger charge is 2.33. The topological polar surface area (TPSA) is 192 Å². The summed E-state index contributed by atoms with van der Waals surface area (Å²) in [6.45, 7) is -0.0237. The van der Waals surface area contributed by atoms with E-state index in [1.54, 1.807) is 12.4 Å². The smallest absolute Gasteiger partial charge is 0.407 e. The Morgan fingerprint density at radius 1 is 0.661 bits per heavy atom. The number of carboxylic acids is 1. The molecule has 56 heavy (non-hydrogen) atoms. The fourth-order valence-corrected chi connectivity index (χ4v) is 7.45. The molecule has 0 saturated carbocycles. The standard InChI is InChI=1S/C43H41N5O8/c1-55-42(53)38(21-26-23-45-35-17-9-7-11-28(26)35)47-41(52)37(20-25-22-44-34-16-8-6-10-27(25)34)46-40(51)36(18-19-39(49)50)48-43(54)56-24-33-31-14-4-2-12-29(31)30-13-3-5-15-32(30)33/h2-17,22-23,33,36-38,44-45H,18-21,24H2,1H3,(H,46,51)(H,47,52)(H,48,54)(H,49,50)/t36-,37-,38-/m0/s1. The monoisotopic (exact) mass is 755 g/mol. The third-order valence-corrected chi connectivity index (χ3v) is 10.2. The number of hydrogen-bond acceptors (Lipinski definition) is 7. The summed E-state index contributed by atoms with van der Waals surface area (Å²) in [5.74, 6) is -3.58. The van der Waals surface area contributed by atoms with E-state index < -0.39 is 54.4 Å². The van der Waals surface area contributed by atoms with Crippen LogP contribution in [0.1, 0.15) is 41.0 Å². The third-order valence-electron chi connectivity index (χ3n) is 10.2. The maximum atomic E-state index is 14.2. The molecule has 7 rings (SSSR count). The first-order valence-electron chi connectivity index (χ1n) is 18.3. The van der Waals surface area contributed by atoms with Crippen LogP contribution in [0.4, 0.5) is 4.79 Å². The van der Waals surface area contributed by atoms with Gasteiger partial charge in [0.15, 0.2) is 0 Å². The lowest BCUT2D eigenvalue weighted by molar-refractivity contribution is -0.145. The molecule has 6 N–H and O–H groups in total. The zero-order chi connectivity index (χ0) is 39.2. The van der Waals surface area contributed by atoms with E-state index in [4.69, 9.17) is 9.47 Å². The molecule has 0 unspecified atom stereocenters. The van der Waals surface area contributed by atoms with Crippen LogP contribution in [0.15, 0.2) is 109 Å². The summed E-state index contributed by atoms with van der Waals surface area (Å²) in [5.41, 5.74) is 7.26. The minimum atomic E-state index is -1.37. The summed E-state index contributed by atoms with van der Waals surface area (Å²) in [6.07, 6.45) is 1.95. The van der Waals surface area contributed by atoms with E-state index in [2.05, 4.69) is 25.9 Å². The first kappa shape index (κ1) is 37.4. The van der Waals surface area contributed by atoms with Crippen molar-refractivity contribution in [3.8, 4) is 11.1 Å². The molecule has 2 aromatic heterocycles. The fraction of sp³-hybridized carbons (Fsp3) is 0.233. The molecule has 0 fully saturated rings. The summed E-state index contributed by atoms with van der Waals surface area (Å²) in [4.78, 5) is 72.5. The number of H-pyrrole nitrogens is 2. The van der Waals surface area contributed by atoms with Crippen molar-refractivity contribution in [2.24, 2.45) is 0 Å². The molecule has 3 atom stereocenters. The van der Waals surface area contributed by atoms with Crippen LogP contribution in [0.25, 0.3) is 32.9 Å². The van der Waals surface area contributed by atoms with Gasteiger partial charge in [-0.15, -0.1) is 0 Å². The van der Waals surface area contributed by atoms with Crippen LogP contribution in [-0.4, -0.2) is 76.8 Å². The number of aromatic amines is 2. The number of alkyl carbamates (subject to hydrolysis) is 1. The second-order valence-electron chi connectivity index (χ2n) is 13.7. The predicted octanol–water partition coefficient (Wildman–Crippen LogP) is 5.35. The molecule has 1 aliphatic carbocycles. The van der Waals surface area contributed by atoms with Gasteiger partial charge in [-0.2, -0.15) is 0 Å². The molecule has 13 heteroatoms. The maximum Gasteiger partial charge on any atom is 0.407 e. The molecule has 6 aromatic rings. The Morgan fingerprint density at radius 2 is 1.16 bits per heavy atom. The summed E-state index contributed by atoms with van der Waals surface area (Å²) >= 11 is 0. The lowest BCUT2D eigenvalue weighted by atomic mass is 9.98. The van der Waals surface area contributed by atoms with Gasteiger partial charge in [0.1, 0.15) is 24.7 Å². The summed E-state index contributed by atoms with van der Waals surface area (Å²) in [5, 5.41) is 19.3. The summed E-state index contributed by atoms with van der Waals surface area (Å²) in [6, 6.07) is 27.0. The normalized spacial score (nSPS) is 13.6. The van der Waals surface area contributed by atoms with Crippen molar-refractivity contribution in [2.45, 2.75) is 49.7 Å². The number of para-hydroxylation sites is 2. The number of ether oxygens (including phenoxy) is 2. The molecule has 0 bridgehead atoms. The van der Waals surface area contributed by atoms with E-state index >= 15 is 0 Å². The first-order valence-corrected chi connectivity index (χ1v) is 18.3. The van der Waals surface area contributed by atoms with Crippen LogP contribution in [0, 0.1) is 0 Å². The van der Waals surface area contributed by atoms with Crippen molar-refractivity contribution in [1.29, 1.82) is 0 Å². The van der Waals surface area contributed by atoms with Gasteiger partial charge in [0.05, 0.1) is 7.11 Å². The van der Waals surface area contributed by atoms with Gasteiger partial charge >= 0.3 is 18.0 Å². The molecule has 286 valence electrons. The van der Waals surface area contributed by atoms with Crippen LogP contribution < -0.4 is 16.0 Å². The Morgan fingerprint density at radius 3 is 1.73 bits per heavy atom. The van der Waals surface area contributed by atoms with Crippen LogP contribution >= 0.6 is 0 Å². The van der Waals surface area contributed by atoms with Gasteiger partial charge in [0.2, 0.25) is 11.8 Å². The average Bonchev–Trinajstić information content (AvgIpc) is 3.91. The van der Waals surface area contributed by atoms with Crippen molar-refractivity contribution >= 4 is 51.7 Å². The number of aromatic nitrogens is 2. The van der Waals surface area contributed by atoms with Crippen LogP contribution in [0.2, 0.25) is 0 Å². The quantitative estimate of drug-likeness (QED) is 0.0756. The van der Waals surface area contributed by atoms with Crippen LogP contribution in [-0.2, 0) is 41.5 Å². The SMILES string of the molecule is COC(=O)[C@H](Cc1c[nH]c2ccccc12)NC(=O)[C@H](Cc1c[nH]c2ccccc12)NC(=O)[C@H](CCC(=O)O)NC(=O)OCC1c2ccccc2-c2ccccc21. The lowest BCUT2D eigenvalue weighted by Crippen LogP contribution is -2.57. The van der Waals surface area contributed by atoms with Gasteiger partial charge in [-0.3, -0.25) is 14.4 Å². The number of carbonyl (C=O) groups is 5. The molecular formula is C43H41N5O8. The zero-order valence-corrected chi connectivity index (χ0v) is 30.5. The van der Waals surface area contributed by atoms with E-state index in [-0.39, 0.29) is 31.8 Å². The van der Waals surface area contributed by atoms with E-state index in [1.165, 1.54) is 7.11 Å². The first-order chi connectivity index (χ1) is 27.2. The van der Waals surface area contributed by atoms with E-state index in [0.717, 1.165) is 49.6 Å². The minimum Gasteiger partial charge on any atom is -0.481 e. The third kappa shape index (κ3) is 8.11. The molecule has 2 heterocycles. The Hall–Kier alpha value is -6.89. The number of esters is 1. The number of aliphatic carboxylic acids is 1. The molecule has 0 radical (unpaired) electrons. The molecule has 0 spiro atoms. The number of hydrogen-bond donors (Lipinski definition) is 6. The van der Waals surface area contributed by atoms with Gasteiger partial charge < -0.3 is 40.5 Å². The maximum absolute atomic E-state index is 14.2. The van der Waals surface area contributed by atoms with E-state index in [1.807, 2.05) is 97.1 Å². The molecule has 3 amide bonds. The number of fused-ring (bicyclic) bond motifs is 5. The summed E-state index contributed by atoms with van der Waals surface area (Å²) < 4.78 is 10.7. The van der Waals surface area contributed by atoms with Gasteiger partial charge in [-0.25, -0.2) is 9.59 Å². The fourth-order valence-electron chi connectivity index (χ4n) is 7.45. The minimum absolute atomic E-state index is 0.000834. The van der Waals surface area contributed by atoms with E-state index in [0.29, 0.717) is 5.56 Å². The number of carboxylic acid groups (broad SMARTS) is 1. The van der Waals surface area contributed by atoms with Crippen molar-refractivity contribution in [2.75, 3.05) is 13.7 Å². The van der Waals surface area contributed by atoms with Crippen molar-refractivity contribution in [3.05, 3.63) is 132 Å². The Labute approximate surface area is 321 Å². The molecular weight excluding hydrogens is 714 g/mol. The lowest BCUT2D eigenvalue weighted by Gasteiger charge is -2.25. The van der Waals surface area contributed by atoms with Gasteiger partial charge in [-0.1, -0.05) is 84.9 Å². The predicted molar refractivity (Wildman–Crippen MR) is 209 cm³/mol. The number of rotatable bonds is 15. The molecule has 0 saturated heterocycles. The Balaban J connectivity index is 1.10. The molecule has 1 aliphatic rings. The second-order valence-corrected chi connectivity index (χ2v) is 13.7. The Kier molecular flexibility index (Phi) is 11.1. The highest BCUT2D eigenvalue weighted by Crippen LogP contribution is 2.44. The average molecular weight is 756 g/mol. The molecule has 0 aliphatic heterocycles. The van der Waals surface area contributed by atoms with Gasteiger partial charge in [0.25, 0.3) is 0 Å². The Bertz CT molecular complexity index is 2370. The van der Waals surface area contributed by atoms with Gasteiger partial charge in [0, 0.05) is 59.4 Å². The number of carbonyl (C=O) groups excluding carboxylic acids is 4. The largest absolute Gasteiger partial charge is 0.481 e. The number of amides is 3. The second kappa shape index (κ2) is 16.6. The highest BCUT2D eigenvalue weighted by molar-refractivity contribution is 5.95. The highest BCUT2D eigenvalue weighted by atomic mass is 16.5. The van der Waals surface area contributed by atoms with Crippen LogP contribution in [0.3, 0.4) is 0 Å². The summed E-state index contributed by atoms with van der Waals surface area (Å²) in [7, 11) is 1.23. The van der Waals surface area contributed by atoms with E-state index in [9.17, 15) is 29.1 Å². The molecule has 13 nitrogen and oxygen atoms in total. The number of nitrogens with one attached hydrogen (secondary N) is 5.